The van der Waals surface area contributed by atoms with Crippen molar-refractivity contribution in [3.63, 3.8) is 0 Å². The molecular weight excluding hydrogens is 358 g/mol. The van der Waals surface area contributed by atoms with E-state index in [1.54, 1.807) is 48.7 Å². The number of aliphatic hydroxyl groups excluding tert-OH is 1. The molecule has 2 heterocycles. The Labute approximate surface area is 162 Å². The van der Waals surface area contributed by atoms with Crippen LogP contribution in [0.2, 0.25) is 0 Å². The summed E-state index contributed by atoms with van der Waals surface area (Å²) in [5.41, 5.74) is 2.33. The molecule has 1 aromatic carbocycles. The SMILES string of the molecule is COc1ccc([C@H](NC(=O)c2ccc(-n3cnnc3)cc2)C2CC(O)C2)cn1. The molecule has 0 unspecified atom stereocenters. The maximum atomic E-state index is 12.8. The number of rotatable bonds is 6. The lowest BCUT2D eigenvalue weighted by atomic mass is 9.75. The van der Waals surface area contributed by atoms with Crippen LogP contribution in [-0.4, -0.2) is 44.0 Å². The number of nitrogens with one attached hydrogen (secondary N) is 1. The van der Waals surface area contributed by atoms with Crippen molar-refractivity contribution in [2.75, 3.05) is 7.11 Å². The van der Waals surface area contributed by atoms with E-state index in [9.17, 15) is 9.90 Å². The number of carbonyl (C=O) groups is 1. The second-order valence-electron chi connectivity index (χ2n) is 6.89. The summed E-state index contributed by atoms with van der Waals surface area (Å²) in [4.78, 5) is 17.1. The summed E-state index contributed by atoms with van der Waals surface area (Å²) in [5.74, 6) is 0.523. The van der Waals surface area contributed by atoms with Crippen molar-refractivity contribution in [3.8, 4) is 11.6 Å². The number of ether oxygens (including phenoxy) is 1. The van der Waals surface area contributed by atoms with Crippen LogP contribution >= 0.6 is 0 Å². The van der Waals surface area contributed by atoms with Gasteiger partial charge in [0.2, 0.25) is 5.88 Å². The molecule has 1 amide bonds. The van der Waals surface area contributed by atoms with E-state index in [1.807, 2.05) is 18.2 Å². The summed E-state index contributed by atoms with van der Waals surface area (Å²) in [6.45, 7) is 0. The Morgan fingerprint density at radius 1 is 1.18 bits per heavy atom. The summed E-state index contributed by atoms with van der Waals surface area (Å²) < 4.78 is 6.88. The number of methoxy groups -OCH3 is 1. The van der Waals surface area contributed by atoms with Crippen LogP contribution in [0.4, 0.5) is 0 Å². The molecule has 8 heteroatoms. The van der Waals surface area contributed by atoms with Crippen molar-refractivity contribution in [2.45, 2.75) is 25.0 Å². The zero-order chi connectivity index (χ0) is 19.5. The van der Waals surface area contributed by atoms with Gasteiger partial charge in [-0.1, -0.05) is 6.07 Å². The molecule has 28 heavy (non-hydrogen) atoms. The lowest BCUT2D eigenvalue weighted by Gasteiger charge is -2.38. The third-order valence-electron chi connectivity index (χ3n) is 5.08. The van der Waals surface area contributed by atoms with Gasteiger partial charge >= 0.3 is 0 Å². The number of hydrogen-bond acceptors (Lipinski definition) is 6. The molecule has 0 saturated heterocycles. The number of benzene rings is 1. The molecule has 0 bridgehead atoms. The third-order valence-corrected chi connectivity index (χ3v) is 5.08. The molecule has 1 fully saturated rings. The number of hydrogen-bond donors (Lipinski definition) is 2. The highest BCUT2D eigenvalue weighted by Gasteiger charge is 2.36. The average Bonchev–Trinajstić information content (AvgIpc) is 3.25. The molecule has 4 rings (SSSR count). The summed E-state index contributed by atoms with van der Waals surface area (Å²) in [7, 11) is 1.56. The van der Waals surface area contributed by atoms with Gasteiger partial charge in [-0.15, -0.1) is 10.2 Å². The maximum absolute atomic E-state index is 12.8. The first-order chi connectivity index (χ1) is 13.6. The van der Waals surface area contributed by atoms with Crippen molar-refractivity contribution < 1.29 is 14.6 Å². The third kappa shape index (κ3) is 3.72. The Balaban J connectivity index is 1.51. The number of aliphatic hydroxyl groups is 1. The number of pyridine rings is 1. The highest BCUT2D eigenvalue weighted by Crippen LogP contribution is 2.38. The van der Waals surface area contributed by atoms with E-state index < -0.39 is 0 Å². The first-order valence-corrected chi connectivity index (χ1v) is 9.08. The molecule has 144 valence electrons. The van der Waals surface area contributed by atoms with Crippen LogP contribution in [0.1, 0.15) is 34.8 Å². The molecule has 0 spiro atoms. The number of amides is 1. The van der Waals surface area contributed by atoms with Crippen molar-refractivity contribution in [1.82, 2.24) is 25.1 Å². The van der Waals surface area contributed by atoms with Crippen molar-refractivity contribution in [3.05, 3.63) is 66.4 Å². The molecule has 8 nitrogen and oxygen atoms in total. The molecule has 2 N–H and O–H groups in total. The molecule has 2 aromatic heterocycles. The molecule has 1 aliphatic rings. The van der Waals surface area contributed by atoms with Crippen LogP contribution in [0.5, 0.6) is 5.88 Å². The number of aromatic nitrogens is 4. The predicted octanol–water partition coefficient (Wildman–Crippen LogP) is 1.91. The standard InChI is InChI=1S/C20H21N5O3/c1-28-18-7-4-14(10-21-18)19(15-8-17(26)9-15)24-20(27)13-2-5-16(6-3-13)25-11-22-23-12-25/h2-7,10-12,15,17,19,26H,8-9H2,1H3,(H,24,27)/t15?,17?,19-/m0/s1. The van der Waals surface area contributed by atoms with Gasteiger partial charge < -0.3 is 15.2 Å². The fraction of sp³-hybridized carbons (Fsp3) is 0.300. The van der Waals surface area contributed by atoms with E-state index in [-0.39, 0.29) is 24.0 Å². The highest BCUT2D eigenvalue weighted by atomic mass is 16.5. The monoisotopic (exact) mass is 379 g/mol. The normalized spacial score (nSPS) is 19.5. The average molecular weight is 379 g/mol. The van der Waals surface area contributed by atoms with Crippen molar-refractivity contribution in [1.29, 1.82) is 0 Å². The van der Waals surface area contributed by atoms with Gasteiger partial charge in [-0.2, -0.15) is 0 Å². The van der Waals surface area contributed by atoms with Crippen LogP contribution in [0.3, 0.4) is 0 Å². The van der Waals surface area contributed by atoms with Crippen LogP contribution in [-0.2, 0) is 0 Å². The van der Waals surface area contributed by atoms with Crippen LogP contribution in [0.15, 0.2) is 55.2 Å². The van der Waals surface area contributed by atoms with E-state index >= 15 is 0 Å². The van der Waals surface area contributed by atoms with E-state index in [2.05, 4.69) is 20.5 Å². The Hall–Kier alpha value is -3.26. The zero-order valence-corrected chi connectivity index (χ0v) is 15.4. The fourth-order valence-electron chi connectivity index (χ4n) is 3.42. The van der Waals surface area contributed by atoms with Gasteiger partial charge in [0, 0.05) is 23.5 Å². The lowest BCUT2D eigenvalue weighted by Crippen LogP contribution is -2.41. The lowest BCUT2D eigenvalue weighted by molar-refractivity contribution is 0.0234. The van der Waals surface area contributed by atoms with Crippen LogP contribution in [0.25, 0.3) is 5.69 Å². The first-order valence-electron chi connectivity index (χ1n) is 9.08. The van der Waals surface area contributed by atoms with E-state index in [4.69, 9.17) is 4.74 Å². The highest BCUT2D eigenvalue weighted by molar-refractivity contribution is 5.94. The van der Waals surface area contributed by atoms with Gasteiger partial charge in [-0.3, -0.25) is 9.36 Å². The van der Waals surface area contributed by atoms with Gasteiger partial charge in [-0.25, -0.2) is 4.98 Å². The minimum atomic E-state index is -0.307. The summed E-state index contributed by atoms with van der Waals surface area (Å²) in [6, 6.07) is 10.7. The minimum absolute atomic E-state index is 0.169. The van der Waals surface area contributed by atoms with E-state index in [0.717, 1.165) is 11.3 Å². The second-order valence-corrected chi connectivity index (χ2v) is 6.89. The van der Waals surface area contributed by atoms with Crippen LogP contribution < -0.4 is 10.1 Å². The second kappa shape index (κ2) is 7.77. The van der Waals surface area contributed by atoms with Crippen molar-refractivity contribution in [2.24, 2.45) is 5.92 Å². The zero-order valence-electron chi connectivity index (χ0n) is 15.4. The van der Waals surface area contributed by atoms with Crippen molar-refractivity contribution >= 4 is 5.91 Å². The largest absolute Gasteiger partial charge is 0.481 e. The Morgan fingerprint density at radius 3 is 2.46 bits per heavy atom. The minimum Gasteiger partial charge on any atom is -0.481 e. The summed E-state index contributed by atoms with van der Waals surface area (Å²) in [5, 5.41) is 20.4. The van der Waals surface area contributed by atoms with Gasteiger partial charge in [-0.05, 0) is 48.6 Å². The number of nitrogens with zero attached hydrogens (tertiary/aromatic N) is 4. The van der Waals surface area contributed by atoms with Gasteiger partial charge in [0.15, 0.2) is 0 Å². The Morgan fingerprint density at radius 2 is 1.89 bits per heavy atom. The van der Waals surface area contributed by atoms with Crippen LogP contribution in [0, 0.1) is 5.92 Å². The van der Waals surface area contributed by atoms with E-state index in [1.165, 1.54) is 0 Å². The quantitative estimate of drug-likeness (QED) is 0.678. The molecule has 1 atom stereocenters. The smallest absolute Gasteiger partial charge is 0.251 e. The predicted molar refractivity (Wildman–Crippen MR) is 101 cm³/mol. The Bertz CT molecular complexity index is 919. The molecule has 3 aromatic rings. The molecule has 0 aliphatic heterocycles. The van der Waals surface area contributed by atoms with Gasteiger partial charge in [0.1, 0.15) is 12.7 Å². The fourth-order valence-corrected chi connectivity index (χ4v) is 3.42. The molecule has 0 radical (unpaired) electrons. The maximum Gasteiger partial charge on any atom is 0.251 e. The number of carbonyl (C=O) groups excluding carboxylic acids is 1. The molecule has 1 aliphatic carbocycles. The van der Waals surface area contributed by atoms with Gasteiger partial charge in [0.25, 0.3) is 5.91 Å². The summed E-state index contributed by atoms with van der Waals surface area (Å²) in [6.07, 6.45) is 5.92. The first kappa shape index (κ1) is 18.1. The molecular formula is C20H21N5O3. The van der Waals surface area contributed by atoms with E-state index in [0.29, 0.717) is 24.3 Å². The molecule has 1 saturated carbocycles. The summed E-state index contributed by atoms with van der Waals surface area (Å²) >= 11 is 0. The van der Waals surface area contributed by atoms with Gasteiger partial charge in [0.05, 0.1) is 19.3 Å². The Kier molecular flexibility index (Phi) is 5.03. The topological polar surface area (TPSA) is 102 Å².